The Morgan fingerprint density at radius 2 is 1.78 bits per heavy atom. The zero-order chi connectivity index (χ0) is 17.2. The van der Waals surface area contributed by atoms with Gasteiger partial charge in [0, 0.05) is 13.6 Å². The van der Waals surface area contributed by atoms with Crippen LogP contribution in [0.5, 0.6) is 0 Å². The Labute approximate surface area is 131 Å². The van der Waals surface area contributed by atoms with E-state index in [1.54, 1.807) is 31.0 Å². The van der Waals surface area contributed by atoms with Crippen molar-refractivity contribution < 1.29 is 18.0 Å². The summed E-state index contributed by atoms with van der Waals surface area (Å²) < 4.78 is 37.6. The van der Waals surface area contributed by atoms with Crippen molar-refractivity contribution >= 4 is 11.7 Å². The lowest BCUT2D eigenvalue weighted by Crippen LogP contribution is -2.20. The summed E-state index contributed by atoms with van der Waals surface area (Å²) in [5, 5.41) is 0. The van der Waals surface area contributed by atoms with Crippen LogP contribution in [0.1, 0.15) is 27.2 Å². The van der Waals surface area contributed by atoms with Crippen LogP contribution < -0.4 is 10.6 Å². The molecule has 1 aromatic heterocycles. The molecule has 2 aromatic rings. The number of benzene rings is 1. The van der Waals surface area contributed by atoms with Gasteiger partial charge in [-0.05, 0) is 36.8 Å². The standard InChI is InChI=1S/C16H16F3N3O/c1-10-13(15(20)23)7-8-14(21-10)22(2)9-11-3-5-12(6-4-11)16(17,18)19/h3-8H,9H2,1-2H3,(H2,20,23). The van der Waals surface area contributed by atoms with Crippen molar-refractivity contribution in [1.29, 1.82) is 0 Å². The number of hydrogen-bond donors (Lipinski definition) is 1. The summed E-state index contributed by atoms with van der Waals surface area (Å²) in [5.41, 5.74) is 6.13. The molecule has 4 nitrogen and oxygen atoms in total. The molecule has 2 rings (SSSR count). The van der Waals surface area contributed by atoms with Gasteiger partial charge in [-0.2, -0.15) is 13.2 Å². The molecule has 0 aliphatic carbocycles. The van der Waals surface area contributed by atoms with E-state index in [2.05, 4.69) is 4.98 Å². The third-order valence-electron chi connectivity index (χ3n) is 3.43. The SMILES string of the molecule is Cc1nc(N(C)Cc2ccc(C(F)(F)F)cc2)ccc1C(N)=O. The Bertz CT molecular complexity index is 712. The van der Waals surface area contributed by atoms with Crippen molar-refractivity contribution in [1.82, 2.24) is 4.98 Å². The molecule has 1 heterocycles. The first-order chi connectivity index (χ1) is 10.7. The number of aryl methyl sites for hydroxylation is 1. The fourth-order valence-electron chi connectivity index (χ4n) is 2.17. The minimum absolute atomic E-state index is 0.344. The van der Waals surface area contributed by atoms with E-state index in [9.17, 15) is 18.0 Å². The second kappa shape index (κ2) is 6.28. The van der Waals surface area contributed by atoms with Gasteiger partial charge in [-0.1, -0.05) is 12.1 Å². The number of halogens is 3. The maximum atomic E-state index is 12.5. The Hall–Kier alpha value is -2.57. The summed E-state index contributed by atoms with van der Waals surface area (Å²) in [6, 6.07) is 8.21. The molecule has 7 heteroatoms. The molecule has 0 unspecified atom stereocenters. The number of carbonyl (C=O) groups excluding carboxylic acids is 1. The van der Waals surface area contributed by atoms with Crippen molar-refractivity contribution in [3.8, 4) is 0 Å². The van der Waals surface area contributed by atoms with Crippen molar-refractivity contribution in [3.05, 3.63) is 58.8 Å². The maximum absolute atomic E-state index is 12.5. The highest BCUT2D eigenvalue weighted by molar-refractivity contribution is 5.94. The van der Waals surface area contributed by atoms with Crippen molar-refractivity contribution in [2.24, 2.45) is 5.73 Å². The van der Waals surface area contributed by atoms with Crippen LogP contribution in [0.4, 0.5) is 19.0 Å². The molecule has 2 N–H and O–H groups in total. The van der Waals surface area contributed by atoms with Gasteiger partial charge in [0.05, 0.1) is 16.8 Å². The lowest BCUT2D eigenvalue weighted by molar-refractivity contribution is -0.137. The highest BCUT2D eigenvalue weighted by atomic mass is 19.4. The quantitative estimate of drug-likeness (QED) is 0.940. The molecular formula is C16H16F3N3O. The summed E-state index contributed by atoms with van der Waals surface area (Å²) >= 11 is 0. The number of aromatic nitrogens is 1. The number of alkyl halides is 3. The molecule has 0 aliphatic rings. The third-order valence-corrected chi connectivity index (χ3v) is 3.43. The smallest absolute Gasteiger partial charge is 0.366 e. The van der Waals surface area contributed by atoms with Crippen LogP contribution in [0.25, 0.3) is 0 Å². The van der Waals surface area contributed by atoms with E-state index in [0.717, 1.165) is 17.7 Å². The van der Waals surface area contributed by atoms with Crippen LogP contribution in [0.3, 0.4) is 0 Å². The van der Waals surface area contributed by atoms with E-state index < -0.39 is 17.6 Å². The monoisotopic (exact) mass is 323 g/mol. The predicted molar refractivity (Wildman–Crippen MR) is 81.0 cm³/mol. The van der Waals surface area contributed by atoms with Gasteiger partial charge in [0.15, 0.2) is 0 Å². The second-order valence-corrected chi connectivity index (χ2v) is 5.22. The van der Waals surface area contributed by atoms with Gasteiger partial charge in [0.2, 0.25) is 0 Å². The number of anilines is 1. The van der Waals surface area contributed by atoms with Crippen molar-refractivity contribution in [3.63, 3.8) is 0 Å². The maximum Gasteiger partial charge on any atom is 0.416 e. The van der Waals surface area contributed by atoms with E-state index in [4.69, 9.17) is 5.73 Å². The normalized spacial score (nSPS) is 11.3. The van der Waals surface area contributed by atoms with E-state index in [0.29, 0.717) is 23.6 Å². The highest BCUT2D eigenvalue weighted by Crippen LogP contribution is 2.29. The summed E-state index contributed by atoms with van der Waals surface area (Å²) in [7, 11) is 1.77. The van der Waals surface area contributed by atoms with Gasteiger partial charge in [-0.25, -0.2) is 4.98 Å². The first-order valence-corrected chi connectivity index (χ1v) is 6.83. The molecule has 1 aromatic carbocycles. The number of rotatable bonds is 4. The Kier molecular flexibility index (Phi) is 4.58. The molecule has 0 saturated heterocycles. The molecule has 1 amide bonds. The highest BCUT2D eigenvalue weighted by Gasteiger charge is 2.29. The number of nitrogens with two attached hydrogens (primary N) is 1. The van der Waals surface area contributed by atoms with Gasteiger partial charge in [0.25, 0.3) is 5.91 Å². The Morgan fingerprint density at radius 3 is 2.26 bits per heavy atom. The number of carbonyl (C=O) groups is 1. The Balaban J connectivity index is 2.14. The largest absolute Gasteiger partial charge is 0.416 e. The van der Waals surface area contributed by atoms with Crippen LogP contribution in [-0.4, -0.2) is 17.9 Å². The molecule has 0 bridgehead atoms. The number of primary amides is 1. The minimum atomic E-state index is -4.34. The van der Waals surface area contributed by atoms with Crippen molar-refractivity contribution in [2.45, 2.75) is 19.6 Å². The summed E-state index contributed by atoms with van der Waals surface area (Å²) in [6.07, 6.45) is -4.34. The van der Waals surface area contributed by atoms with Gasteiger partial charge in [-0.3, -0.25) is 4.79 Å². The summed E-state index contributed by atoms with van der Waals surface area (Å²) in [4.78, 5) is 17.3. The fraction of sp³-hybridized carbons (Fsp3) is 0.250. The van der Waals surface area contributed by atoms with Gasteiger partial charge in [-0.15, -0.1) is 0 Å². The average Bonchev–Trinajstić information content (AvgIpc) is 2.46. The lowest BCUT2D eigenvalue weighted by atomic mass is 10.1. The summed E-state index contributed by atoms with van der Waals surface area (Å²) in [5.74, 6) is 0.0549. The first-order valence-electron chi connectivity index (χ1n) is 6.83. The molecular weight excluding hydrogens is 307 g/mol. The molecule has 23 heavy (non-hydrogen) atoms. The fourth-order valence-corrected chi connectivity index (χ4v) is 2.17. The minimum Gasteiger partial charge on any atom is -0.366 e. The topological polar surface area (TPSA) is 59.2 Å². The zero-order valence-corrected chi connectivity index (χ0v) is 12.7. The van der Waals surface area contributed by atoms with Crippen LogP contribution in [-0.2, 0) is 12.7 Å². The van der Waals surface area contributed by atoms with Gasteiger partial charge >= 0.3 is 6.18 Å². The summed E-state index contributed by atoms with van der Waals surface area (Å²) in [6.45, 7) is 2.07. The van der Waals surface area contributed by atoms with E-state index in [1.165, 1.54) is 12.1 Å². The van der Waals surface area contributed by atoms with Crippen molar-refractivity contribution in [2.75, 3.05) is 11.9 Å². The predicted octanol–water partition coefficient (Wildman–Crippen LogP) is 3.14. The number of pyridine rings is 1. The molecule has 0 fully saturated rings. The van der Waals surface area contributed by atoms with Crippen LogP contribution in [0.2, 0.25) is 0 Å². The van der Waals surface area contributed by atoms with E-state index in [-0.39, 0.29) is 0 Å². The average molecular weight is 323 g/mol. The zero-order valence-electron chi connectivity index (χ0n) is 12.7. The lowest BCUT2D eigenvalue weighted by Gasteiger charge is -2.19. The molecule has 122 valence electrons. The molecule has 0 atom stereocenters. The van der Waals surface area contributed by atoms with E-state index in [1.807, 2.05) is 0 Å². The van der Waals surface area contributed by atoms with Crippen LogP contribution >= 0.6 is 0 Å². The van der Waals surface area contributed by atoms with Gasteiger partial charge in [0.1, 0.15) is 5.82 Å². The molecule has 0 spiro atoms. The molecule has 0 aliphatic heterocycles. The first kappa shape index (κ1) is 16.8. The van der Waals surface area contributed by atoms with Crippen LogP contribution in [0.15, 0.2) is 36.4 Å². The number of hydrogen-bond acceptors (Lipinski definition) is 3. The molecule has 0 saturated carbocycles. The third kappa shape index (κ3) is 4.00. The van der Waals surface area contributed by atoms with Gasteiger partial charge < -0.3 is 10.6 Å². The Morgan fingerprint density at radius 1 is 1.17 bits per heavy atom. The second-order valence-electron chi connectivity index (χ2n) is 5.22. The molecule has 0 radical (unpaired) electrons. The van der Waals surface area contributed by atoms with E-state index >= 15 is 0 Å². The number of nitrogens with zero attached hydrogens (tertiary/aromatic N) is 2. The number of amides is 1. The van der Waals surface area contributed by atoms with Crippen LogP contribution in [0, 0.1) is 6.92 Å².